The molecule has 0 heterocycles. The second-order valence-corrected chi connectivity index (χ2v) is 8.23. The zero-order valence-corrected chi connectivity index (χ0v) is 17.6. The molecule has 0 atom stereocenters. The van der Waals surface area contributed by atoms with Crippen LogP contribution >= 0.6 is 11.8 Å². The van der Waals surface area contributed by atoms with Gasteiger partial charge in [0.2, 0.25) is 5.91 Å². The smallest absolute Gasteiger partial charge is 0.253 e. The predicted octanol–water partition coefficient (Wildman–Crippen LogP) is 4.63. The number of carbonyl (C=O) groups excluding carboxylic acids is 2. The molecule has 29 heavy (non-hydrogen) atoms. The first-order valence-electron chi connectivity index (χ1n) is 10.1. The summed E-state index contributed by atoms with van der Waals surface area (Å²) in [5.74, 6) is 1.66. The Balaban J connectivity index is 1.51. The summed E-state index contributed by atoms with van der Waals surface area (Å²) in [4.78, 5) is 25.1. The molecule has 0 bridgehead atoms. The third-order valence-corrected chi connectivity index (χ3v) is 6.05. The SMILES string of the molecule is COc1ccc(CSCC(=O)Nc2ccccc2C(=O)NC2CCCCC2)cc1. The lowest BCUT2D eigenvalue weighted by Gasteiger charge is -2.23. The van der Waals surface area contributed by atoms with Gasteiger partial charge in [-0.15, -0.1) is 11.8 Å². The van der Waals surface area contributed by atoms with Crippen molar-refractivity contribution < 1.29 is 14.3 Å². The number of para-hydroxylation sites is 1. The van der Waals surface area contributed by atoms with Gasteiger partial charge in [-0.05, 0) is 42.7 Å². The molecule has 1 fully saturated rings. The van der Waals surface area contributed by atoms with E-state index < -0.39 is 0 Å². The minimum absolute atomic E-state index is 0.110. The van der Waals surface area contributed by atoms with Crippen molar-refractivity contribution in [1.82, 2.24) is 5.32 Å². The second-order valence-electron chi connectivity index (χ2n) is 7.24. The van der Waals surface area contributed by atoms with Crippen LogP contribution in [0.5, 0.6) is 5.75 Å². The summed E-state index contributed by atoms with van der Waals surface area (Å²) < 4.78 is 5.15. The quantitative estimate of drug-likeness (QED) is 0.663. The highest BCUT2D eigenvalue weighted by Gasteiger charge is 2.19. The van der Waals surface area contributed by atoms with Crippen molar-refractivity contribution in [2.45, 2.75) is 43.9 Å². The number of rotatable bonds is 8. The molecular weight excluding hydrogens is 384 g/mol. The van der Waals surface area contributed by atoms with Crippen LogP contribution in [0.1, 0.15) is 48.0 Å². The molecule has 0 aliphatic heterocycles. The van der Waals surface area contributed by atoms with Crippen molar-refractivity contribution in [2.24, 2.45) is 0 Å². The Hall–Kier alpha value is -2.47. The van der Waals surface area contributed by atoms with Crippen molar-refractivity contribution in [3.63, 3.8) is 0 Å². The van der Waals surface area contributed by atoms with Crippen LogP contribution < -0.4 is 15.4 Å². The fourth-order valence-corrected chi connectivity index (χ4v) is 4.26. The molecule has 1 saturated carbocycles. The second kappa shape index (κ2) is 10.9. The van der Waals surface area contributed by atoms with E-state index in [2.05, 4.69) is 10.6 Å². The Morgan fingerprint density at radius 1 is 1.03 bits per heavy atom. The fraction of sp³-hybridized carbons (Fsp3) is 0.391. The minimum Gasteiger partial charge on any atom is -0.497 e. The van der Waals surface area contributed by atoms with Crippen molar-refractivity contribution in [3.05, 3.63) is 59.7 Å². The van der Waals surface area contributed by atoms with E-state index in [-0.39, 0.29) is 17.9 Å². The summed E-state index contributed by atoms with van der Waals surface area (Å²) in [6.07, 6.45) is 5.63. The van der Waals surface area contributed by atoms with E-state index in [1.807, 2.05) is 36.4 Å². The first-order valence-corrected chi connectivity index (χ1v) is 11.2. The van der Waals surface area contributed by atoms with Gasteiger partial charge in [0.05, 0.1) is 24.1 Å². The van der Waals surface area contributed by atoms with Crippen LogP contribution in [0.2, 0.25) is 0 Å². The molecule has 0 saturated heterocycles. The molecule has 1 aliphatic rings. The lowest BCUT2D eigenvalue weighted by atomic mass is 9.95. The Morgan fingerprint density at radius 3 is 2.48 bits per heavy atom. The Kier molecular flexibility index (Phi) is 7.99. The number of anilines is 1. The molecule has 2 aromatic carbocycles. The van der Waals surface area contributed by atoms with Gasteiger partial charge in [-0.3, -0.25) is 9.59 Å². The highest BCUT2D eigenvalue weighted by atomic mass is 32.2. The first kappa shape index (κ1) is 21.2. The predicted molar refractivity (Wildman–Crippen MR) is 119 cm³/mol. The maximum Gasteiger partial charge on any atom is 0.253 e. The van der Waals surface area contributed by atoms with Gasteiger partial charge in [0.1, 0.15) is 5.75 Å². The monoisotopic (exact) mass is 412 g/mol. The van der Waals surface area contributed by atoms with Gasteiger partial charge in [-0.25, -0.2) is 0 Å². The van der Waals surface area contributed by atoms with Gasteiger partial charge < -0.3 is 15.4 Å². The first-order chi connectivity index (χ1) is 14.2. The maximum atomic E-state index is 12.7. The van der Waals surface area contributed by atoms with Crippen LogP contribution in [-0.2, 0) is 10.5 Å². The van der Waals surface area contributed by atoms with E-state index in [4.69, 9.17) is 4.74 Å². The third kappa shape index (κ3) is 6.53. The van der Waals surface area contributed by atoms with E-state index in [0.29, 0.717) is 17.0 Å². The van der Waals surface area contributed by atoms with Crippen LogP contribution in [0.15, 0.2) is 48.5 Å². The molecule has 0 unspecified atom stereocenters. The molecular formula is C23H28N2O3S. The van der Waals surface area contributed by atoms with Crippen LogP contribution in [0.3, 0.4) is 0 Å². The van der Waals surface area contributed by atoms with E-state index >= 15 is 0 Å². The molecule has 2 amide bonds. The van der Waals surface area contributed by atoms with Crippen LogP contribution in [0, 0.1) is 0 Å². The zero-order valence-electron chi connectivity index (χ0n) is 16.8. The molecule has 5 nitrogen and oxygen atoms in total. The van der Waals surface area contributed by atoms with Gasteiger partial charge in [0, 0.05) is 11.8 Å². The number of amides is 2. The summed E-state index contributed by atoms with van der Waals surface area (Å²) in [6.45, 7) is 0. The van der Waals surface area contributed by atoms with Crippen molar-refractivity contribution in [1.29, 1.82) is 0 Å². The van der Waals surface area contributed by atoms with Gasteiger partial charge in [0.25, 0.3) is 5.91 Å². The number of methoxy groups -OCH3 is 1. The van der Waals surface area contributed by atoms with E-state index in [1.54, 1.807) is 19.2 Å². The van der Waals surface area contributed by atoms with Gasteiger partial charge in [-0.2, -0.15) is 0 Å². The molecule has 0 radical (unpaired) electrons. The summed E-state index contributed by atoms with van der Waals surface area (Å²) in [7, 11) is 1.64. The standard InChI is InChI=1S/C23H28N2O3S/c1-28-19-13-11-17(12-14-19)15-29-16-22(26)25-21-10-6-5-9-20(21)23(27)24-18-7-3-2-4-8-18/h5-6,9-14,18H,2-4,7-8,15-16H2,1H3,(H,24,27)(H,25,26). The third-order valence-electron chi connectivity index (χ3n) is 5.05. The normalized spacial score (nSPS) is 14.2. The lowest BCUT2D eigenvalue weighted by molar-refractivity contribution is -0.113. The number of hydrogen-bond donors (Lipinski definition) is 2. The van der Waals surface area contributed by atoms with Crippen molar-refractivity contribution in [3.8, 4) is 5.75 Å². The number of carbonyl (C=O) groups is 2. The summed E-state index contributed by atoms with van der Waals surface area (Å²) in [6, 6.07) is 15.2. The molecule has 0 spiro atoms. The molecule has 1 aliphatic carbocycles. The zero-order chi connectivity index (χ0) is 20.5. The van der Waals surface area contributed by atoms with Crippen LogP contribution in [0.25, 0.3) is 0 Å². The summed E-state index contributed by atoms with van der Waals surface area (Å²) >= 11 is 1.54. The Morgan fingerprint density at radius 2 is 1.76 bits per heavy atom. The van der Waals surface area contributed by atoms with E-state index in [9.17, 15) is 9.59 Å². The number of benzene rings is 2. The van der Waals surface area contributed by atoms with E-state index in [0.717, 1.165) is 42.7 Å². The molecule has 154 valence electrons. The largest absolute Gasteiger partial charge is 0.497 e. The number of thioether (sulfide) groups is 1. The molecule has 6 heteroatoms. The average Bonchev–Trinajstić information content (AvgIpc) is 2.75. The summed E-state index contributed by atoms with van der Waals surface area (Å²) in [5, 5.41) is 6.01. The molecule has 2 N–H and O–H groups in total. The van der Waals surface area contributed by atoms with Crippen molar-refractivity contribution in [2.75, 3.05) is 18.2 Å². The Labute approximate surface area is 176 Å². The van der Waals surface area contributed by atoms with Gasteiger partial charge >= 0.3 is 0 Å². The Bertz CT molecular complexity index is 817. The topological polar surface area (TPSA) is 67.4 Å². The van der Waals surface area contributed by atoms with Crippen molar-refractivity contribution >= 4 is 29.3 Å². The van der Waals surface area contributed by atoms with Gasteiger partial charge in [-0.1, -0.05) is 43.5 Å². The average molecular weight is 413 g/mol. The molecule has 2 aromatic rings. The van der Waals surface area contributed by atoms with Crippen LogP contribution in [-0.4, -0.2) is 30.7 Å². The molecule has 0 aromatic heterocycles. The minimum atomic E-state index is -0.112. The fourth-order valence-electron chi connectivity index (χ4n) is 3.47. The molecule has 3 rings (SSSR count). The van der Waals surface area contributed by atoms with Crippen LogP contribution in [0.4, 0.5) is 5.69 Å². The summed E-state index contributed by atoms with van der Waals surface area (Å²) in [5.41, 5.74) is 2.22. The highest BCUT2D eigenvalue weighted by molar-refractivity contribution is 7.99. The van der Waals surface area contributed by atoms with Gasteiger partial charge in [0.15, 0.2) is 0 Å². The lowest BCUT2D eigenvalue weighted by Crippen LogP contribution is -2.36. The highest BCUT2D eigenvalue weighted by Crippen LogP contribution is 2.21. The number of nitrogens with one attached hydrogen (secondary N) is 2. The maximum absolute atomic E-state index is 12.7. The number of ether oxygens (including phenoxy) is 1. The van der Waals surface area contributed by atoms with E-state index in [1.165, 1.54) is 18.2 Å². The number of hydrogen-bond acceptors (Lipinski definition) is 4.